The zero-order chi connectivity index (χ0) is 25.5. The number of aromatic carboxylic acids is 1. The van der Waals surface area contributed by atoms with E-state index < -0.39 is 59.5 Å². The molecule has 1 saturated carbocycles. The number of benzene rings is 1. The Labute approximate surface area is 204 Å². The summed E-state index contributed by atoms with van der Waals surface area (Å²) >= 11 is 5.89. The molecule has 1 aromatic rings. The van der Waals surface area contributed by atoms with Gasteiger partial charge in [0, 0.05) is 25.7 Å². The first-order valence-electron chi connectivity index (χ1n) is 11.4. The molecule has 0 bridgehead atoms. The summed E-state index contributed by atoms with van der Waals surface area (Å²) in [6.07, 6.45) is -4.71. The lowest BCUT2D eigenvalue weighted by Gasteiger charge is -2.48. The van der Waals surface area contributed by atoms with Crippen LogP contribution in [0.3, 0.4) is 0 Å². The van der Waals surface area contributed by atoms with E-state index in [0.29, 0.717) is 5.56 Å². The molecule has 6 nitrogen and oxygen atoms in total. The van der Waals surface area contributed by atoms with Crippen molar-refractivity contribution in [1.29, 1.82) is 5.26 Å². The van der Waals surface area contributed by atoms with Gasteiger partial charge in [0.1, 0.15) is 18.2 Å². The van der Waals surface area contributed by atoms with Crippen molar-refractivity contribution in [2.24, 2.45) is 11.3 Å². The Kier molecular flexibility index (Phi) is 7.19. The van der Waals surface area contributed by atoms with Crippen molar-refractivity contribution in [2.75, 3.05) is 26.2 Å². The lowest BCUT2D eigenvalue weighted by Crippen LogP contribution is -2.60. The molecule has 3 unspecified atom stereocenters. The second-order valence-electron chi connectivity index (χ2n) is 9.57. The standard InChI is InChI=1S/C23H25ClF5N3O3/c24-17-7-14(23(27,28)29)10-32(20(17)26)31-5-3-22(11-30,4-6-31)12-35-19-9-18(25)16(21(33)34)8-15(19)13-1-2-13/h8-9,13-14,17,20H,1-7,10,12H2,(H,33,34). The first kappa shape index (κ1) is 25.9. The minimum atomic E-state index is -4.49. The highest BCUT2D eigenvalue weighted by Gasteiger charge is 2.50. The van der Waals surface area contributed by atoms with Gasteiger partial charge in [0.2, 0.25) is 0 Å². The van der Waals surface area contributed by atoms with Gasteiger partial charge < -0.3 is 9.84 Å². The molecule has 1 aromatic carbocycles. The summed E-state index contributed by atoms with van der Waals surface area (Å²) in [4.78, 5) is 11.3. The molecule has 0 radical (unpaired) electrons. The van der Waals surface area contributed by atoms with Crippen LogP contribution in [0.4, 0.5) is 22.0 Å². The maximum absolute atomic E-state index is 14.7. The molecule has 12 heteroatoms. The van der Waals surface area contributed by atoms with Gasteiger partial charge in [0.05, 0.1) is 28.3 Å². The van der Waals surface area contributed by atoms with Crippen molar-refractivity contribution >= 4 is 17.6 Å². The quantitative estimate of drug-likeness (QED) is 0.319. The maximum Gasteiger partial charge on any atom is 0.393 e. The zero-order valence-corrected chi connectivity index (χ0v) is 19.5. The molecule has 0 spiro atoms. The fourth-order valence-electron chi connectivity index (χ4n) is 4.74. The summed E-state index contributed by atoms with van der Waals surface area (Å²) in [7, 11) is 0. The molecular weight excluding hydrogens is 497 g/mol. The van der Waals surface area contributed by atoms with Crippen LogP contribution >= 0.6 is 11.6 Å². The molecule has 0 amide bonds. The van der Waals surface area contributed by atoms with Crippen molar-refractivity contribution in [3.05, 3.63) is 29.1 Å². The molecule has 0 aromatic heterocycles. The van der Waals surface area contributed by atoms with Gasteiger partial charge >= 0.3 is 12.1 Å². The van der Waals surface area contributed by atoms with E-state index in [0.717, 1.165) is 23.9 Å². The van der Waals surface area contributed by atoms with E-state index >= 15 is 0 Å². The van der Waals surface area contributed by atoms with Gasteiger partial charge in [-0.3, -0.25) is 0 Å². The number of carboxylic acids is 1. The van der Waals surface area contributed by atoms with Gasteiger partial charge in [0.25, 0.3) is 0 Å². The number of carbonyl (C=O) groups is 1. The molecule has 3 atom stereocenters. The number of alkyl halides is 5. The SMILES string of the molecule is N#CC1(COc2cc(F)c(C(=O)O)cc2C2CC2)CCN(N2CC(C(F)(F)F)CC(Cl)C2F)CC1. The summed E-state index contributed by atoms with van der Waals surface area (Å²) in [5.74, 6) is -3.81. The number of nitriles is 1. The van der Waals surface area contributed by atoms with Crippen molar-refractivity contribution in [3.8, 4) is 11.8 Å². The molecule has 1 aliphatic carbocycles. The highest BCUT2D eigenvalue weighted by atomic mass is 35.5. The highest BCUT2D eigenvalue weighted by molar-refractivity contribution is 6.21. The van der Waals surface area contributed by atoms with Crippen LogP contribution in [0.1, 0.15) is 53.9 Å². The van der Waals surface area contributed by atoms with Crippen molar-refractivity contribution < 1.29 is 36.6 Å². The van der Waals surface area contributed by atoms with E-state index in [4.69, 9.17) is 16.3 Å². The van der Waals surface area contributed by atoms with Gasteiger partial charge in [-0.15, -0.1) is 11.6 Å². The molecule has 2 heterocycles. The van der Waals surface area contributed by atoms with E-state index in [2.05, 4.69) is 6.07 Å². The Hall–Kier alpha value is -2.16. The second-order valence-corrected chi connectivity index (χ2v) is 10.1. The third-order valence-corrected chi connectivity index (χ3v) is 7.50. The number of hydrogen-bond acceptors (Lipinski definition) is 5. The lowest BCUT2D eigenvalue weighted by molar-refractivity contribution is -0.226. The van der Waals surface area contributed by atoms with Crippen LogP contribution in [0, 0.1) is 28.5 Å². The number of hydrogen-bond donors (Lipinski definition) is 1. The number of ether oxygens (including phenoxy) is 1. The Bertz CT molecular complexity index is 1010. The number of piperidine rings is 2. The predicted molar refractivity (Wildman–Crippen MR) is 115 cm³/mol. The van der Waals surface area contributed by atoms with E-state index in [-0.39, 0.29) is 44.2 Å². The Morgan fingerprint density at radius 2 is 1.94 bits per heavy atom. The summed E-state index contributed by atoms with van der Waals surface area (Å²) in [6.45, 7) is -0.379. The Morgan fingerprint density at radius 3 is 2.49 bits per heavy atom. The zero-order valence-electron chi connectivity index (χ0n) is 18.7. The van der Waals surface area contributed by atoms with Gasteiger partial charge in [0.15, 0.2) is 6.30 Å². The van der Waals surface area contributed by atoms with Crippen LogP contribution in [-0.4, -0.2) is 65.2 Å². The van der Waals surface area contributed by atoms with Crippen molar-refractivity contribution in [2.45, 2.75) is 55.9 Å². The van der Waals surface area contributed by atoms with Crippen LogP contribution < -0.4 is 4.74 Å². The Morgan fingerprint density at radius 1 is 1.29 bits per heavy atom. The first-order chi connectivity index (χ1) is 16.4. The summed E-state index contributed by atoms with van der Waals surface area (Å²) < 4.78 is 74.6. The normalized spacial score (nSPS) is 27.9. The monoisotopic (exact) mass is 521 g/mol. The van der Waals surface area contributed by atoms with Gasteiger partial charge in [-0.2, -0.15) is 18.4 Å². The first-order valence-corrected chi connectivity index (χ1v) is 11.8. The molecular formula is C23H25ClF5N3O3. The topological polar surface area (TPSA) is 76.8 Å². The van der Waals surface area contributed by atoms with Crippen molar-refractivity contribution in [3.63, 3.8) is 0 Å². The number of rotatable bonds is 6. The largest absolute Gasteiger partial charge is 0.492 e. The highest BCUT2D eigenvalue weighted by Crippen LogP contribution is 2.46. The number of hydrazine groups is 1. The third kappa shape index (κ3) is 5.49. The average molecular weight is 522 g/mol. The summed E-state index contributed by atoms with van der Waals surface area (Å²) in [5.41, 5.74) is -0.876. The van der Waals surface area contributed by atoms with E-state index in [9.17, 15) is 37.1 Å². The summed E-state index contributed by atoms with van der Waals surface area (Å²) in [6, 6.07) is 4.51. The van der Waals surface area contributed by atoms with Gasteiger partial charge in [-0.05, 0) is 49.7 Å². The van der Waals surface area contributed by atoms with Crippen LogP contribution in [-0.2, 0) is 0 Å². The van der Waals surface area contributed by atoms with E-state index in [1.54, 1.807) is 0 Å². The number of halogens is 6. The Balaban J connectivity index is 1.43. The molecule has 3 aliphatic rings. The average Bonchev–Trinajstić information content (AvgIpc) is 3.64. The number of nitrogens with zero attached hydrogens (tertiary/aromatic N) is 3. The van der Waals surface area contributed by atoms with Crippen LogP contribution in [0.15, 0.2) is 12.1 Å². The van der Waals surface area contributed by atoms with Gasteiger partial charge in [-0.25, -0.2) is 23.6 Å². The summed E-state index contributed by atoms with van der Waals surface area (Å²) in [5, 5.41) is 20.3. The van der Waals surface area contributed by atoms with E-state index in [1.807, 2.05) is 0 Å². The molecule has 2 aliphatic heterocycles. The molecule has 4 rings (SSSR count). The third-order valence-electron chi connectivity index (χ3n) is 7.11. The molecule has 3 fully saturated rings. The molecule has 2 saturated heterocycles. The lowest BCUT2D eigenvalue weighted by atomic mass is 9.81. The molecule has 192 valence electrons. The smallest absolute Gasteiger partial charge is 0.393 e. The fourth-order valence-corrected chi connectivity index (χ4v) is 5.08. The van der Waals surface area contributed by atoms with Gasteiger partial charge in [-0.1, -0.05) is 0 Å². The van der Waals surface area contributed by atoms with E-state index in [1.165, 1.54) is 11.1 Å². The van der Waals surface area contributed by atoms with Crippen LogP contribution in [0.2, 0.25) is 0 Å². The van der Waals surface area contributed by atoms with Crippen LogP contribution in [0.5, 0.6) is 5.75 Å². The fraction of sp³-hybridized carbons (Fsp3) is 0.652. The maximum atomic E-state index is 14.7. The van der Waals surface area contributed by atoms with Crippen molar-refractivity contribution in [1.82, 2.24) is 10.0 Å². The predicted octanol–water partition coefficient (Wildman–Crippen LogP) is 5.09. The van der Waals surface area contributed by atoms with Crippen LogP contribution in [0.25, 0.3) is 0 Å². The second kappa shape index (κ2) is 9.71. The molecule has 1 N–H and O–H groups in total. The minimum absolute atomic E-state index is 0.0641. The molecule has 35 heavy (non-hydrogen) atoms. The number of carboxylic acid groups (broad SMARTS) is 1. The minimum Gasteiger partial charge on any atom is -0.492 e.